The van der Waals surface area contributed by atoms with Crippen LogP contribution in [-0.2, 0) is 19.1 Å². The molecule has 0 unspecified atom stereocenters. The van der Waals surface area contributed by atoms with Gasteiger partial charge in [0.1, 0.15) is 12.1 Å². The fourth-order valence-electron chi connectivity index (χ4n) is 3.82. The van der Waals surface area contributed by atoms with E-state index in [2.05, 4.69) is 10.6 Å². The molecule has 1 aliphatic heterocycles. The maximum Gasteiger partial charge on any atom is 0.327 e. The lowest BCUT2D eigenvalue weighted by molar-refractivity contribution is -0.155. The molecule has 1 saturated carbocycles. The quantitative estimate of drug-likeness (QED) is 0.594. The van der Waals surface area contributed by atoms with Gasteiger partial charge in [-0.15, -0.1) is 0 Å². The lowest BCUT2D eigenvalue weighted by Crippen LogP contribution is -2.54. The highest BCUT2D eigenvalue weighted by Crippen LogP contribution is 2.38. The van der Waals surface area contributed by atoms with E-state index in [9.17, 15) is 19.2 Å². The van der Waals surface area contributed by atoms with Crippen LogP contribution in [0.2, 0.25) is 0 Å². The van der Waals surface area contributed by atoms with Crippen molar-refractivity contribution in [3.63, 3.8) is 0 Å². The zero-order valence-electron chi connectivity index (χ0n) is 16.1. The summed E-state index contributed by atoms with van der Waals surface area (Å²) in [6.45, 7) is 2.87. The largest absolute Gasteiger partial charge is 0.451 e. The van der Waals surface area contributed by atoms with Crippen molar-refractivity contribution < 1.29 is 23.9 Å². The average molecular weight is 387 g/mol. The standard InChI is InChI=1S/C20H25N3O5/c1-13-8-6-7-11-20(13)18(26)23(19(27)22-20)12-16(24)28-14(2)17(25)21-15-9-4-3-5-10-15/h3-5,9-10,13-14H,6-8,11-12H2,1-2H3,(H,21,25)(H,22,27)/t13-,14+,20+/m1/s1. The first-order valence-electron chi connectivity index (χ1n) is 9.53. The predicted molar refractivity (Wildman–Crippen MR) is 101 cm³/mol. The van der Waals surface area contributed by atoms with Crippen molar-refractivity contribution in [2.45, 2.75) is 51.2 Å². The number of carbonyl (C=O) groups is 4. The summed E-state index contributed by atoms with van der Waals surface area (Å²) >= 11 is 0. The van der Waals surface area contributed by atoms with E-state index in [-0.39, 0.29) is 11.8 Å². The minimum atomic E-state index is -1.06. The van der Waals surface area contributed by atoms with Crippen molar-refractivity contribution >= 4 is 29.5 Å². The molecule has 3 atom stereocenters. The zero-order chi connectivity index (χ0) is 20.3. The van der Waals surface area contributed by atoms with Crippen molar-refractivity contribution in [1.82, 2.24) is 10.2 Å². The van der Waals surface area contributed by atoms with Crippen LogP contribution < -0.4 is 10.6 Å². The molecule has 4 amide bonds. The van der Waals surface area contributed by atoms with Gasteiger partial charge in [-0.05, 0) is 37.8 Å². The average Bonchev–Trinajstić information content (AvgIpc) is 2.90. The molecule has 0 bridgehead atoms. The first-order valence-corrected chi connectivity index (χ1v) is 9.53. The van der Waals surface area contributed by atoms with Gasteiger partial charge in [-0.3, -0.25) is 19.3 Å². The van der Waals surface area contributed by atoms with E-state index in [1.807, 2.05) is 13.0 Å². The van der Waals surface area contributed by atoms with E-state index in [1.54, 1.807) is 24.3 Å². The second kappa shape index (κ2) is 8.00. The molecule has 0 aromatic heterocycles. The minimum absolute atomic E-state index is 0.00861. The third kappa shape index (κ3) is 3.85. The Bertz CT molecular complexity index is 781. The van der Waals surface area contributed by atoms with Crippen molar-refractivity contribution in [3.8, 4) is 0 Å². The van der Waals surface area contributed by atoms with Crippen LogP contribution in [0.4, 0.5) is 10.5 Å². The van der Waals surface area contributed by atoms with E-state index in [0.717, 1.165) is 24.2 Å². The van der Waals surface area contributed by atoms with Crippen LogP contribution in [0.15, 0.2) is 30.3 Å². The van der Waals surface area contributed by atoms with E-state index in [0.29, 0.717) is 12.1 Å². The maximum atomic E-state index is 12.9. The number of carbonyl (C=O) groups excluding carboxylic acids is 4. The summed E-state index contributed by atoms with van der Waals surface area (Å²) in [5.41, 5.74) is -0.343. The van der Waals surface area contributed by atoms with Gasteiger partial charge in [-0.2, -0.15) is 0 Å². The third-order valence-electron chi connectivity index (χ3n) is 5.51. The summed E-state index contributed by atoms with van der Waals surface area (Å²) in [6.07, 6.45) is 2.23. The fourth-order valence-corrected chi connectivity index (χ4v) is 3.82. The van der Waals surface area contributed by atoms with Crippen molar-refractivity contribution in [1.29, 1.82) is 0 Å². The summed E-state index contributed by atoms with van der Waals surface area (Å²) in [6, 6.07) is 8.20. The molecule has 28 heavy (non-hydrogen) atoms. The van der Waals surface area contributed by atoms with E-state index < -0.39 is 36.1 Å². The van der Waals surface area contributed by atoms with Crippen LogP contribution in [0, 0.1) is 5.92 Å². The summed E-state index contributed by atoms with van der Waals surface area (Å²) in [5, 5.41) is 5.42. The Hall–Kier alpha value is -2.90. The maximum absolute atomic E-state index is 12.9. The number of para-hydroxylation sites is 1. The number of ether oxygens (including phenoxy) is 1. The molecule has 8 nitrogen and oxygen atoms in total. The first-order chi connectivity index (χ1) is 13.3. The van der Waals surface area contributed by atoms with Gasteiger partial charge < -0.3 is 15.4 Å². The van der Waals surface area contributed by atoms with E-state index in [4.69, 9.17) is 4.74 Å². The van der Waals surface area contributed by atoms with Crippen LogP contribution in [0.1, 0.15) is 39.5 Å². The molecule has 2 fully saturated rings. The number of amides is 4. The second-order valence-electron chi connectivity index (χ2n) is 7.43. The molecule has 2 aliphatic rings. The topological polar surface area (TPSA) is 105 Å². The number of anilines is 1. The molecule has 1 aromatic rings. The van der Waals surface area contributed by atoms with Gasteiger partial charge in [0.2, 0.25) is 0 Å². The number of urea groups is 1. The van der Waals surface area contributed by atoms with Crippen LogP contribution in [-0.4, -0.2) is 46.9 Å². The molecule has 1 aliphatic carbocycles. The molecule has 0 radical (unpaired) electrons. The Balaban J connectivity index is 1.57. The third-order valence-corrected chi connectivity index (χ3v) is 5.51. The molecule has 2 N–H and O–H groups in total. The number of hydrogen-bond acceptors (Lipinski definition) is 5. The van der Waals surface area contributed by atoms with E-state index >= 15 is 0 Å². The Morgan fingerprint density at radius 1 is 1.29 bits per heavy atom. The molecule has 3 rings (SSSR count). The number of nitrogens with zero attached hydrogens (tertiary/aromatic N) is 1. The number of nitrogens with one attached hydrogen (secondary N) is 2. The Labute approximate surface area is 163 Å². The normalized spacial score (nSPS) is 25.4. The fraction of sp³-hybridized carbons (Fsp3) is 0.500. The molecule has 1 spiro atoms. The van der Waals surface area contributed by atoms with E-state index in [1.165, 1.54) is 6.92 Å². The van der Waals surface area contributed by atoms with Gasteiger partial charge in [-0.25, -0.2) is 4.79 Å². The summed E-state index contributed by atoms with van der Waals surface area (Å²) < 4.78 is 5.12. The van der Waals surface area contributed by atoms with Crippen LogP contribution in [0.5, 0.6) is 0 Å². The van der Waals surface area contributed by atoms with Crippen molar-refractivity contribution in [2.24, 2.45) is 5.92 Å². The number of benzene rings is 1. The van der Waals surface area contributed by atoms with Crippen LogP contribution in [0.25, 0.3) is 0 Å². The minimum Gasteiger partial charge on any atom is -0.451 e. The van der Waals surface area contributed by atoms with Gasteiger partial charge in [0.25, 0.3) is 11.8 Å². The van der Waals surface area contributed by atoms with Gasteiger partial charge in [0, 0.05) is 5.69 Å². The molecule has 1 saturated heterocycles. The zero-order valence-corrected chi connectivity index (χ0v) is 16.1. The summed E-state index contributed by atoms with van der Waals surface area (Å²) in [5.74, 6) is -1.67. The highest BCUT2D eigenvalue weighted by Gasteiger charge is 2.55. The smallest absolute Gasteiger partial charge is 0.327 e. The number of esters is 1. The van der Waals surface area contributed by atoms with Crippen molar-refractivity contribution in [3.05, 3.63) is 30.3 Å². The lowest BCUT2D eigenvalue weighted by atomic mass is 9.73. The molecular formula is C20H25N3O5. The molecule has 1 aromatic carbocycles. The highest BCUT2D eigenvalue weighted by molar-refractivity contribution is 6.09. The Morgan fingerprint density at radius 3 is 2.68 bits per heavy atom. The SMILES string of the molecule is C[C@H](OC(=O)CN1C(=O)N[C@]2(CCCC[C@H]2C)C1=O)C(=O)Nc1ccccc1. The summed E-state index contributed by atoms with van der Waals surface area (Å²) in [4.78, 5) is 50.4. The Morgan fingerprint density at radius 2 is 2.00 bits per heavy atom. The Kier molecular flexibility index (Phi) is 5.67. The van der Waals surface area contributed by atoms with Crippen LogP contribution in [0.3, 0.4) is 0 Å². The van der Waals surface area contributed by atoms with Crippen LogP contribution >= 0.6 is 0 Å². The highest BCUT2D eigenvalue weighted by atomic mass is 16.5. The number of hydrogen-bond donors (Lipinski definition) is 2. The summed E-state index contributed by atoms with van der Waals surface area (Å²) in [7, 11) is 0. The number of imide groups is 1. The monoisotopic (exact) mass is 387 g/mol. The van der Waals surface area contributed by atoms with Crippen molar-refractivity contribution in [2.75, 3.05) is 11.9 Å². The number of rotatable bonds is 5. The molecule has 8 heteroatoms. The first kappa shape index (κ1) is 19.9. The molecule has 150 valence electrons. The lowest BCUT2D eigenvalue weighted by Gasteiger charge is -2.36. The predicted octanol–water partition coefficient (Wildman–Crippen LogP) is 2.06. The second-order valence-corrected chi connectivity index (χ2v) is 7.43. The van der Waals surface area contributed by atoms with Gasteiger partial charge in [0.05, 0.1) is 0 Å². The van der Waals surface area contributed by atoms with Gasteiger partial charge >= 0.3 is 12.0 Å². The van der Waals surface area contributed by atoms with Gasteiger partial charge in [0.15, 0.2) is 6.10 Å². The molecule has 1 heterocycles. The molecular weight excluding hydrogens is 362 g/mol. The van der Waals surface area contributed by atoms with Gasteiger partial charge in [-0.1, -0.05) is 38.0 Å².